The van der Waals surface area contributed by atoms with E-state index in [9.17, 15) is 0 Å². The third-order valence-electron chi connectivity index (χ3n) is 3.26. The van der Waals surface area contributed by atoms with Crippen molar-refractivity contribution in [3.05, 3.63) is 36.3 Å². The number of hydrogen-bond donors (Lipinski definition) is 2. The number of nitrogens with one attached hydrogen (secondary N) is 1. The van der Waals surface area contributed by atoms with Crippen LogP contribution < -0.4 is 15.8 Å². The second kappa shape index (κ2) is 6.75. The van der Waals surface area contributed by atoms with Gasteiger partial charge in [0.1, 0.15) is 11.6 Å². The van der Waals surface area contributed by atoms with Crippen LogP contribution in [0.4, 0.5) is 5.69 Å². The van der Waals surface area contributed by atoms with Gasteiger partial charge in [0, 0.05) is 24.1 Å². The molecule has 0 aliphatic rings. The SMILES string of the molecule is COc1cccc(-c2nc(C(C)(C)C)ncc2NCCN)c1. The summed E-state index contributed by atoms with van der Waals surface area (Å²) in [5.41, 5.74) is 8.22. The number of methoxy groups -OCH3 is 1. The summed E-state index contributed by atoms with van der Waals surface area (Å²) in [6.45, 7) is 7.54. The Balaban J connectivity index is 2.52. The van der Waals surface area contributed by atoms with Gasteiger partial charge < -0.3 is 15.8 Å². The lowest BCUT2D eigenvalue weighted by Crippen LogP contribution is -2.18. The number of anilines is 1. The lowest BCUT2D eigenvalue weighted by Gasteiger charge is -2.19. The normalized spacial score (nSPS) is 11.3. The molecule has 1 heterocycles. The summed E-state index contributed by atoms with van der Waals surface area (Å²) in [7, 11) is 1.66. The first-order valence-corrected chi connectivity index (χ1v) is 7.41. The van der Waals surface area contributed by atoms with E-state index in [-0.39, 0.29) is 5.41 Å². The van der Waals surface area contributed by atoms with E-state index in [0.29, 0.717) is 13.1 Å². The molecule has 0 fully saturated rings. The highest BCUT2D eigenvalue weighted by Gasteiger charge is 2.20. The highest BCUT2D eigenvalue weighted by molar-refractivity contribution is 5.74. The van der Waals surface area contributed by atoms with Gasteiger partial charge in [0.05, 0.1) is 24.7 Å². The molecule has 2 rings (SSSR count). The maximum absolute atomic E-state index is 5.59. The summed E-state index contributed by atoms with van der Waals surface area (Å²) >= 11 is 0. The van der Waals surface area contributed by atoms with Crippen molar-refractivity contribution >= 4 is 5.69 Å². The molecule has 5 nitrogen and oxygen atoms in total. The highest BCUT2D eigenvalue weighted by Crippen LogP contribution is 2.30. The van der Waals surface area contributed by atoms with E-state index in [1.807, 2.05) is 30.5 Å². The van der Waals surface area contributed by atoms with Crippen molar-refractivity contribution < 1.29 is 4.74 Å². The van der Waals surface area contributed by atoms with Crippen molar-refractivity contribution in [1.82, 2.24) is 9.97 Å². The molecule has 118 valence electrons. The van der Waals surface area contributed by atoms with Gasteiger partial charge >= 0.3 is 0 Å². The zero-order chi connectivity index (χ0) is 16.2. The summed E-state index contributed by atoms with van der Waals surface area (Å²) in [4.78, 5) is 9.26. The number of nitrogens with two attached hydrogens (primary N) is 1. The molecule has 0 unspecified atom stereocenters. The number of rotatable bonds is 5. The predicted octanol–water partition coefficient (Wildman–Crippen LogP) is 2.82. The van der Waals surface area contributed by atoms with Gasteiger partial charge in [0.15, 0.2) is 0 Å². The van der Waals surface area contributed by atoms with Crippen LogP contribution in [0.2, 0.25) is 0 Å². The predicted molar refractivity (Wildman–Crippen MR) is 90.3 cm³/mol. The minimum atomic E-state index is -0.111. The number of nitrogens with zero attached hydrogens (tertiary/aromatic N) is 2. The summed E-state index contributed by atoms with van der Waals surface area (Å²) in [6.07, 6.45) is 1.83. The molecule has 3 N–H and O–H groups in total. The zero-order valence-corrected chi connectivity index (χ0v) is 13.7. The molecule has 0 atom stereocenters. The Morgan fingerprint density at radius 2 is 2.05 bits per heavy atom. The van der Waals surface area contributed by atoms with Gasteiger partial charge in [0.2, 0.25) is 0 Å². The molecule has 0 amide bonds. The fraction of sp³-hybridized carbons (Fsp3) is 0.412. The summed E-state index contributed by atoms with van der Waals surface area (Å²) in [6, 6.07) is 7.87. The van der Waals surface area contributed by atoms with Gasteiger partial charge in [-0.2, -0.15) is 0 Å². The summed E-state index contributed by atoms with van der Waals surface area (Å²) in [5.74, 6) is 1.61. The molecular formula is C17H24N4O. The topological polar surface area (TPSA) is 73.1 Å². The van der Waals surface area contributed by atoms with Gasteiger partial charge in [0.25, 0.3) is 0 Å². The Labute approximate surface area is 131 Å². The van der Waals surface area contributed by atoms with Gasteiger partial charge in [-0.15, -0.1) is 0 Å². The van der Waals surface area contributed by atoms with Crippen molar-refractivity contribution in [1.29, 1.82) is 0 Å². The average Bonchev–Trinajstić information content (AvgIpc) is 2.52. The molecule has 22 heavy (non-hydrogen) atoms. The molecule has 0 aliphatic heterocycles. The Kier molecular flexibility index (Phi) is 4.98. The van der Waals surface area contributed by atoms with Crippen LogP contribution in [0.25, 0.3) is 11.3 Å². The van der Waals surface area contributed by atoms with Crippen LogP contribution in [0, 0.1) is 0 Å². The molecule has 0 spiro atoms. The van der Waals surface area contributed by atoms with Crippen LogP contribution >= 0.6 is 0 Å². The maximum atomic E-state index is 5.59. The minimum Gasteiger partial charge on any atom is -0.497 e. The molecule has 0 aliphatic carbocycles. The lowest BCUT2D eigenvalue weighted by atomic mass is 9.95. The lowest BCUT2D eigenvalue weighted by molar-refractivity contribution is 0.415. The smallest absolute Gasteiger partial charge is 0.134 e. The monoisotopic (exact) mass is 300 g/mol. The van der Waals surface area contributed by atoms with Crippen LogP contribution in [0.1, 0.15) is 26.6 Å². The molecule has 0 saturated carbocycles. The maximum Gasteiger partial charge on any atom is 0.134 e. The van der Waals surface area contributed by atoms with Crippen LogP contribution in [0.5, 0.6) is 5.75 Å². The summed E-state index contributed by atoms with van der Waals surface area (Å²) < 4.78 is 5.31. The molecule has 5 heteroatoms. The van der Waals surface area contributed by atoms with Crippen LogP contribution in [-0.2, 0) is 5.41 Å². The van der Waals surface area contributed by atoms with Crippen LogP contribution in [-0.4, -0.2) is 30.2 Å². The van der Waals surface area contributed by atoms with Gasteiger partial charge in [-0.25, -0.2) is 9.97 Å². The Hall–Kier alpha value is -2.14. The van der Waals surface area contributed by atoms with Crippen LogP contribution in [0.3, 0.4) is 0 Å². The minimum absolute atomic E-state index is 0.111. The molecule has 0 radical (unpaired) electrons. The molecule has 1 aromatic heterocycles. The second-order valence-corrected chi connectivity index (χ2v) is 6.15. The number of benzene rings is 1. The van der Waals surface area contributed by atoms with Crippen molar-refractivity contribution in [2.45, 2.75) is 26.2 Å². The van der Waals surface area contributed by atoms with Crippen molar-refractivity contribution in [2.24, 2.45) is 5.73 Å². The van der Waals surface area contributed by atoms with E-state index >= 15 is 0 Å². The van der Waals surface area contributed by atoms with E-state index in [4.69, 9.17) is 15.5 Å². The molecule has 2 aromatic rings. The van der Waals surface area contributed by atoms with E-state index in [1.54, 1.807) is 7.11 Å². The van der Waals surface area contributed by atoms with E-state index in [0.717, 1.165) is 28.5 Å². The molecule has 0 bridgehead atoms. The zero-order valence-electron chi connectivity index (χ0n) is 13.7. The first-order valence-electron chi connectivity index (χ1n) is 7.41. The van der Waals surface area contributed by atoms with E-state index in [2.05, 4.69) is 31.1 Å². The number of aromatic nitrogens is 2. The van der Waals surface area contributed by atoms with Crippen molar-refractivity contribution in [3.8, 4) is 17.0 Å². The summed E-state index contributed by atoms with van der Waals surface area (Å²) in [5, 5.41) is 3.29. The molecular weight excluding hydrogens is 276 g/mol. The fourth-order valence-electron chi connectivity index (χ4n) is 2.07. The van der Waals surface area contributed by atoms with Gasteiger partial charge in [-0.05, 0) is 12.1 Å². The third-order valence-corrected chi connectivity index (χ3v) is 3.26. The molecule has 1 aromatic carbocycles. The van der Waals surface area contributed by atoms with E-state index < -0.39 is 0 Å². The Morgan fingerprint density at radius 1 is 1.27 bits per heavy atom. The Morgan fingerprint density at radius 3 is 2.68 bits per heavy atom. The van der Waals surface area contributed by atoms with E-state index in [1.165, 1.54) is 0 Å². The van der Waals surface area contributed by atoms with Gasteiger partial charge in [-0.3, -0.25) is 0 Å². The second-order valence-electron chi connectivity index (χ2n) is 6.15. The van der Waals surface area contributed by atoms with Crippen molar-refractivity contribution in [3.63, 3.8) is 0 Å². The standard InChI is InChI=1S/C17H24N4O/c1-17(2,3)16-20-11-14(19-9-8-18)15(21-16)12-6-5-7-13(10-12)22-4/h5-7,10-11,19H,8-9,18H2,1-4H3. The highest BCUT2D eigenvalue weighted by atomic mass is 16.5. The first-order chi connectivity index (χ1) is 10.5. The average molecular weight is 300 g/mol. The largest absolute Gasteiger partial charge is 0.497 e. The number of hydrogen-bond acceptors (Lipinski definition) is 5. The fourth-order valence-corrected chi connectivity index (χ4v) is 2.07. The quantitative estimate of drug-likeness (QED) is 0.888. The van der Waals surface area contributed by atoms with Gasteiger partial charge in [-0.1, -0.05) is 32.9 Å². The van der Waals surface area contributed by atoms with Crippen LogP contribution in [0.15, 0.2) is 30.5 Å². The first kappa shape index (κ1) is 16.2. The Bertz CT molecular complexity index is 635. The third kappa shape index (κ3) is 3.74. The van der Waals surface area contributed by atoms with Crippen molar-refractivity contribution in [2.75, 3.05) is 25.5 Å². The number of ether oxygens (including phenoxy) is 1. The molecule has 0 saturated heterocycles.